The Bertz CT molecular complexity index is 362. The molecule has 2 amide bonds. The van der Waals surface area contributed by atoms with Crippen LogP contribution < -0.4 is 0 Å². The van der Waals surface area contributed by atoms with Crippen LogP contribution in [0.1, 0.15) is 47.0 Å². The highest BCUT2D eigenvalue weighted by molar-refractivity contribution is 5.87. The lowest BCUT2D eigenvalue weighted by Crippen LogP contribution is -2.56. The second kappa shape index (κ2) is 5.39. The minimum atomic E-state index is -1.01. The predicted octanol–water partition coefficient (Wildman–Crippen LogP) is 2.41. The van der Waals surface area contributed by atoms with Gasteiger partial charge in [0.25, 0.3) is 0 Å². The molecule has 0 saturated carbocycles. The number of hydrogen-bond donors (Lipinski definition) is 1. The molecule has 1 N–H and O–H groups in total. The van der Waals surface area contributed by atoms with Gasteiger partial charge in [0.2, 0.25) is 0 Å². The highest BCUT2D eigenvalue weighted by atomic mass is 16.4. The fourth-order valence-corrected chi connectivity index (χ4v) is 2.88. The molecule has 1 heterocycles. The SMILES string of the molecule is CCC1(C(=O)O)CCCN1C(=O)N(C)CC(C)(C)C. The largest absolute Gasteiger partial charge is 0.479 e. The summed E-state index contributed by atoms with van der Waals surface area (Å²) in [5.74, 6) is -0.884. The summed E-state index contributed by atoms with van der Waals surface area (Å²) in [6.07, 6.45) is 1.76. The number of urea groups is 1. The van der Waals surface area contributed by atoms with Gasteiger partial charge in [-0.2, -0.15) is 0 Å². The topological polar surface area (TPSA) is 60.9 Å². The molecule has 19 heavy (non-hydrogen) atoms. The van der Waals surface area contributed by atoms with Crippen molar-refractivity contribution in [2.45, 2.75) is 52.5 Å². The monoisotopic (exact) mass is 270 g/mol. The van der Waals surface area contributed by atoms with Gasteiger partial charge in [0.05, 0.1) is 0 Å². The molecule has 5 nitrogen and oxygen atoms in total. The summed E-state index contributed by atoms with van der Waals surface area (Å²) in [7, 11) is 1.74. The van der Waals surface area contributed by atoms with Gasteiger partial charge in [-0.05, 0) is 24.7 Å². The number of hydrogen-bond acceptors (Lipinski definition) is 2. The lowest BCUT2D eigenvalue weighted by molar-refractivity contribution is -0.148. The third-order valence-electron chi connectivity index (χ3n) is 3.74. The van der Waals surface area contributed by atoms with Gasteiger partial charge in [-0.1, -0.05) is 27.7 Å². The molecule has 5 heteroatoms. The maximum absolute atomic E-state index is 12.5. The zero-order valence-corrected chi connectivity index (χ0v) is 12.7. The van der Waals surface area contributed by atoms with E-state index in [0.717, 1.165) is 6.42 Å². The standard InChI is InChI=1S/C14H26N2O3/c1-6-14(11(17)18)8-7-9-16(14)12(19)15(5)10-13(2,3)4/h6-10H2,1-5H3,(H,17,18). The van der Waals surface area contributed by atoms with Gasteiger partial charge in [0.1, 0.15) is 5.54 Å². The Labute approximate surface area is 115 Å². The van der Waals surface area contributed by atoms with E-state index in [9.17, 15) is 14.7 Å². The van der Waals surface area contributed by atoms with E-state index in [2.05, 4.69) is 20.8 Å². The van der Waals surface area contributed by atoms with Crippen molar-refractivity contribution in [3.8, 4) is 0 Å². The van der Waals surface area contributed by atoms with E-state index in [0.29, 0.717) is 25.9 Å². The van der Waals surface area contributed by atoms with Crippen molar-refractivity contribution in [1.29, 1.82) is 0 Å². The molecule has 110 valence electrons. The second-order valence-corrected chi connectivity index (χ2v) is 6.64. The van der Waals surface area contributed by atoms with E-state index in [1.165, 1.54) is 0 Å². The van der Waals surface area contributed by atoms with Crippen LogP contribution in [-0.2, 0) is 4.79 Å². The third kappa shape index (κ3) is 3.19. The van der Waals surface area contributed by atoms with Gasteiger partial charge in [-0.25, -0.2) is 9.59 Å². The van der Waals surface area contributed by atoms with Crippen molar-refractivity contribution in [1.82, 2.24) is 9.80 Å². The van der Waals surface area contributed by atoms with Crippen LogP contribution in [0.3, 0.4) is 0 Å². The second-order valence-electron chi connectivity index (χ2n) is 6.64. The highest BCUT2D eigenvalue weighted by Gasteiger charge is 2.49. The number of rotatable bonds is 3. The number of amides is 2. The zero-order valence-electron chi connectivity index (χ0n) is 12.7. The Hall–Kier alpha value is -1.26. The zero-order chi connectivity index (χ0) is 14.8. The molecule has 0 aromatic carbocycles. The van der Waals surface area contributed by atoms with Crippen LogP contribution in [-0.4, -0.2) is 52.6 Å². The van der Waals surface area contributed by atoms with E-state index in [4.69, 9.17) is 0 Å². The number of carboxylic acid groups (broad SMARTS) is 1. The summed E-state index contributed by atoms with van der Waals surface area (Å²) < 4.78 is 0. The quantitative estimate of drug-likeness (QED) is 0.856. The first kappa shape index (κ1) is 15.8. The van der Waals surface area contributed by atoms with Gasteiger partial charge >= 0.3 is 12.0 Å². The molecular formula is C14H26N2O3. The summed E-state index contributed by atoms with van der Waals surface area (Å²) in [5, 5.41) is 9.49. The Morgan fingerprint density at radius 2 is 1.95 bits per heavy atom. The van der Waals surface area contributed by atoms with Gasteiger partial charge in [-0.15, -0.1) is 0 Å². The maximum atomic E-state index is 12.5. The molecule has 1 aliphatic heterocycles. The smallest absolute Gasteiger partial charge is 0.329 e. The summed E-state index contributed by atoms with van der Waals surface area (Å²) in [6.45, 7) is 9.17. The average molecular weight is 270 g/mol. The average Bonchev–Trinajstić information content (AvgIpc) is 2.70. The number of carbonyl (C=O) groups excluding carboxylic acids is 1. The minimum absolute atomic E-state index is 0.00221. The molecule has 1 rings (SSSR count). The Balaban J connectivity index is 2.89. The Morgan fingerprint density at radius 3 is 2.37 bits per heavy atom. The molecule has 1 fully saturated rings. The molecule has 1 atom stereocenters. The first-order valence-corrected chi connectivity index (χ1v) is 6.90. The van der Waals surface area contributed by atoms with E-state index in [1.54, 1.807) is 16.8 Å². The molecule has 0 radical (unpaired) electrons. The summed E-state index contributed by atoms with van der Waals surface area (Å²) in [4.78, 5) is 27.2. The number of likely N-dealkylation sites (tertiary alicyclic amines) is 1. The van der Waals surface area contributed by atoms with Crippen LogP contribution >= 0.6 is 0 Å². The molecule has 0 bridgehead atoms. The van der Waals surface area contributed by atoms with Gasteiger partial charge in [0, 0.05) is 20.1 Å². The van der Waals surface area contributed by atoms with E-state index < -0.39 is 11.5 Å². The van der Waals surface area contributed by atoms with Gasteiger partial charge < -0.3 is 14.9 Å². The van der Waals surface area contributed by atoms with Crippen LogP contribution in [0.2, 0.25) is 0 Å². The van der Waals surface area contributed by atoms with Crippen LogP contribution in [0.4, 0.5) is 4.79 Å². The molecule has 0 aromatic rings. The molecular weight excluding hydrogens is 244 g/mol. The molecule has 0 aliphatic carbocycles. The van der Waals surface area contributed by atoms with Crippen molar-refractivity contribution in [2.24, 2.45) is 5.41 Å². The summed E-state index contributed by atoms with van der Waals surface area (Å²) in [5.41, 5.74) is -1.01. The normalized spacial score (nSPS) is 23.5. The maximum Gasteiger partial charge on any atom is 0.329 e. The fourth-order valence-electron chi connectivity index (χ4n) is 2.88. The lowest BCUT2D eigenvalue weighted by Gasteiger charge is -2.38. The summed E-state index contributed by atoms with van der Waals surface area (Å²) >= 11 is 0. The van der Waals surface area contributed by atoms with Crippen LogP contribution in [0.15, 0.2) is 0 Å². The van der Waals surface area contributed by atoms with Crippen molar-refractivity contribution in [3.63, 3.8) is 0 Å². The number of carboxylic acids is 1. The van der Waals surface area contributed by atoms with E-state index in [1.807, 2.05) is 6.92 Å². The van der Waals surface area contributed by atoms with Crippen LogP contribution in [0.25, 0.3) is 0 Å². The molecule has 0 spiro atoms. The van der Waals surface area contributed by atoms with Crippen molar-refractivity contribution in [3.05, 3.63) is 0 Å². The van der Waals surface area contributed by atoms with Crippen LogP contribution in [0, 0.1) is 5.41 Å². The van der Waals surface area contributed by atoms with Crippen molar-refractivity contribution in [2.75, 3.05) is 20.1 Å². The minimum Gasteiger partial charge on any atom is -0.479 e. The molecule has 1 saturated heterocycles. The highest BCUT2D eigenvalue weighted by Crippen LogP contribution is 2.33. The number of carbonyl (C=O) groups is 2. The molecule has 1 unspecified atom stereocenters. The van der Waals surface area contributed by atoms with E-state index in [-0.39, 0.29) is 11.4 Å². The Kier molecular flexibility index (Phi) is 4.48. The number of nitrogens with zero attached hydrogens (tertiary/aromatic N) is 2. The molecule has 1 aliphatic rings. The number of aliphatic carboxylic acids is 1. The van der Waals surface area contributed by atoms with Crippen LogP contribution in [0.5, 0.6) is 0 Å². The van der Waals surface area contributed by atoms with Crippen molar-refractivity contribution < 1.29 is 14.7 Å². The van der Waals surface area contributed by atoms with Gasteiger partial charge in [0.15, 0.2) is 0 Å². The first-order chi connectivity index (χ1) is 8.64. The van der Waals surface area contributed by atoms with Crippen molar-refractivity contribution >= 4 is 12.0 Å². The predicted molar refractivity (Wildman–Crippen MR) is 74.1 cm³/mol. The first-order valence-electron chi connectivity index (χ1n) is 6.90. The third-order valence-corrected chi connectivity index (χ3v) is 3.74. The Morgan fingerprint density at radius 1 is 1.37 bits per heavy atom. The molecule has 0 aromatic heterocycles. The van der Waals surface area contributed by atoms with E-state index >= 15 is 0 Å². The fraction of sp³-hybridized carbons (Fsp3) is 0.857. The van der Waals surface area contributed by atoms with Gasteiger partial charge in [-0.3, -0.25) is 0 Å². The summed E-state index contributed by atoms with van der Waals surface area (Å²) in [6, 6.07) is -0.170. The lowest BCUT2D eigenvalue weighted by atomic mass is 9.93.